The monoisotopic (exact) mass is 548 g/mol. The van der Waals surface area contributed by atoms with Crippen LogP contribution in [0.5, 0.6) is 0 Å². The number of ether oxygens (including phenoxy) is 2. The fraction of sp³-hybridized carbons (Fsp3) is 0.625. The van der Waals surface area contributed by atoms with Crippen LogP contribution in [-0.4, -0.2) is 37.2 Å². The third-order valence-electron chi connectivity index (χ3n) is 7.71. The van der Waals surface area contributed by atoms with Crippen LogP contribution >= 0.6 is 0 Å². The maximum atomic E-state index is 12.5. The Morgan fingerprint density at radius 2 is 1.15 bits per heavy atom. The van der Waals surface area contributed by atoms with Gasteiger partial charge in [0.15, 0.2) is 0 Å². The van der Waals surface area contributed by atoms with Gasteiger partial charge in [0.05, 0.1) is 13.2 Å². The van der Waals surface area contributed by atoms with E-state index in [1.54, 1.807) is 13.8 Å². The molecule has 0 spiro atoms. The maximum Gasteiger partial charge on any atom is 0.349 e. The molecule has 3 aliphatic rings. The van der Waals surface area contributed by atoms with Gasteiger partial charge in [-0.2, -0.15) is 10.5 Å². The normalized spacial score (nSPS) is 26.1. The van der Waals surface area contributed by atoms with Crippen molar-refractivity contribution >= 4 is 11.9 Å². The SMILES string of the molecule is CCOC(=O)/C(C#N)=C1/C=C(NC2CCCCC2NC2=C/C(=C(\C#N)C(=O)OCC)CC(C)(C)C2)CC(C)(C)C1. The second-order valence-corrected chi connectivity index (χ2v) is 12.6. The molecule has 2 unspecified atom stereocenters. The smallest absolute Gasteiger partial charge is 0.349 e. The van der Waals surface area contributed by atoms with Gasteiger partial charge in [0, 0.05) is 23.5 Å². The standard InChI is InChI=1S/C32H44N4O4/c1-7-39-29(37)25(19-33)21-13-23(17-31(3,4)15-21)35-27-11-9-10-12-28(27)36-24-14-22(16-32(5,6)18-24)26(20-34)30(38)40-8-2/h13-14,27-28,35-36H,7-12,15-18H2,1-6H3/b25-21-,26-22-. The lowest BCUT2D eigenvalue weighted by Gasteiger charge is -2.40. The van der Waals surface area contributed by atoms with Crippen molar-refractivity contribution in [3.05, 3.63) is 45.8 Å². The summed E-state index contributed by atoms with van der Waals surface area (Å²) in [5.74, 6) is -1.14. The highest BCUT2D eigenvalue weighted by atomic mass is 16.5. The molecule has 216 valence electrons. The van der Waals surface area contributed by atoms with Crippen LogP contribution in [0.2, 0.25) is 0 Å². The van der Waals surface area contributed by atoms with Crippen LogP contribution in [0.25, 0.3) is 0 Å². The van der Waals surface area contributed by atoms with Crippen LogP contribution in [0.3, 0.4) is 0 Å². The number of rotatable bonds is 8. The van der Waals surface area contributed by atoms with Crippen molar-refractivity contribution in [3.8, 4) is 12.1 Å². The number of esters is 2. The Balaban J connectivity index is 1.89. The van der Waals surface area contributed by atoms with Crippen LogP contribution in [-0.2, 0) is 19.1 Å². The molecule has 40 heavy (non-hydrogen) atoms. The molecule has 1 fully saturated rings. The Hall–Kier alpha value is -3.52. The zero-order chi connectivity index (χ0) is 29.5. The van der Waals surface area contributed by atoms with Gasteiger partial charge in [0.2, 0.25) is 0 Å². The summed E-state index contributed by atoms with van der Waals surface area (Å²) in [5.41, 5.74) is 3.41. The summed E-state index contributed by atoms with van der Waals surface area (Å²) in [6, 6.07) is 4.46. The van der Waals surface area contributed by atoms with E-state index >= 15 is 0 Å². The maximum absolute atomic E-state index is 12.5. The number of nitrogens with zero attached hydrogens (tertiary/aromatic N) is 2. The van der Waals surface area contributed by atoms with Crippen molar-refractivity contribution in [1.82, 2.24) is 10.6 Å². The van der Waals surface area contributed by atoms with Crippen molar-refractivity contribution in [2.45, 2.75) is 105 Å². The van der Waals surface area contributed by atoms with Gasteiger partial charge in [-0.05, 0) is 86.5 Å². The third kappa shape index (κ3) is 8.01. The fourth-order valence-corrected chi connectivity index (χ4v) is 6.17. The van der Waals surface area contributed by atoms with E-state index in [0.29, 0.717) is 12.8 Å². The van der Waals surface area contributed by atoms with Gasteiger partial charge in [-0.25, -0.2) is 9.59 Å². The highest BCUT2D eigenvalue weighted by Crippen LogP contribution is 2.40. The molecule has 2 N–H and O–H groups in total. The van der Waals surface area contributed by atoms with E-state index in [2.05, 4.69) is 50.5 Å². The van der Waals surface area contributed by atoms with Crippen molar-refractivity contribution in [3.63, 3.8) is 0 Å². The predicted octanol–water partition coefficient (Wildman–Crippen LogP) is 5.65. The second-order valence-electron chi connectivity index (χ2n) is 12.6. The third-order valence-corrected chi connectivity index (χ3v) is 7.71. The first-order valence-corrected chi connectivity index (χ1v) is 14.5. The van der Waals surface area contributed by atoms with Crippen molar-refractivity contribution < 1.29 is 19.1 Å². The van der Waals surface area contributed by atoms with Crippen LogP contribution in [0, 0.1) is 33.5 Å². The largest absolute Gasteiger partial charge is 0.462 e. The van der Waals surface area contributed by atoms with Crippen molar-refractivity contribution in [1.29, 1.82) is 10.5 Å². The number of carbonyl (C=O) groups excluding carboxylic acids is 2. The summed E-state index contributed by atoms with van der Waals surface area (Å²) in [7, 11) is 0. The molecule has 2 atom stereocenters. The van der Waals surface area contributed by atoms with E-state index in [1.807, 2.05) is 12.2 Å². The van der Waals surface area contributed by atoms with Crippen molar-refractivity contribution in [2.75, 3.05) is 13.2 Å². The van der Waals surface area contributed by atoms with E-state index in [1.165, 1.54) is 0 Å². The first kappa shape index (κ1) is 31.0. The topological polar surface area (TPSA) is 124 Å². The van der Waals surface area contributed by atoms with E-state index in [9.17, 15) is 20.1 Å². The summed E-state index contributed by atoms with van der Waals surface area (Å²) in [5, 5.41) is 27.0. The van der Waals surface area contributed by atoms with Crippen LogP contribution < -0.4 is 10.6 Å². The minimum Gasteiger partial charge on any atom is -0.462 e. The second kappa shape index (κ2) is 13.2. The molecule has 8 nitrogen and oxygen atoms in total. The molecule has 0 bridgehead atoms. The first-order valence-electron chi connectivity index (χ1n) is 14.5. The number of allylic oxidation sites excluding steroid dienone is 6. The molecule has 0 heterocycles. The minimum atomic E-state index is -0.569. The lowest BCUT2D eigenvalue weighted by Crippen LogP contribution is -2.50. The van der Waals surface area contributed by atoms with Gasteiger partial charge in [-0.3, -0.25) is 0 Å². The van der Waals surface area contributed by atoms with Gasteiger partial charge in [-0.15, -0.1) is 0 Å². The van der Waals surface area contributed by atoms with E-state index in [0.717, 1.165) is 61.1 Å². The van der Waals surface area contributed by atoms with Crippen molar-refractivity contribution in [2.24, 2.45) is 10.8 Å². The molecule has 8 heteroatoms. The molecular formula is C32H44N4O4. The number of nitriles is 2. The first-order chi connectivity index (χ1) is 18.9. The molecular weight excluding hydrogens is 504 g/mol. The zero-order valence-corrected chi connectivity index (χ0v) is 24.9. The number of hydrogen-bond donors (Lipinski definition) is 2. The summed E-state index contributed by atoms with van der Waals surface area (Å²) < 4.78 is 10.3. The summed E-state index contributed by atoms with van der Waals surface area (Å²) in [6.45, 7) is 12.5. The molecule has 0 aliphatic heterocycles. The molecule has 0 aromatic heterocycles. The molecule has 0 radical (unpaired) electrons. The summed E-state index contributed by atoms with van der Waals surface area (Å²) >= 11 is 0. The minimum absolute atomic E-state index is 0.0797. The number of carbonyl (C=O) groups is 2. The van der Waals surface area contributed by atoms with Gasteiger partial charge in [-0.1, -0.05) is 40.5 Å². The van der Waals surface area contributed by atoms with Gasteiger partial charge in [0.25, 0.3) is 0 Å². The molecule has 3 aliphatic carbocycles. The Labute approximate surface area is 239 Å². The molecule has 0 aromatic rings. The Morgan fingerprint density at radius 1 is 0.775 bits per heavy atom. The number of hydrogen-bond acceptors (Lipinski definition) is 8. The fourth-order valence-electron chi connectivity index (χ4n) is 6.17. The highest BCUT2D eigenvalue weighted by molar-refractivity contribution is 5.95. The van der Waals surface area contributed by atoms with Crippen LogP contribution in [0.1, 0.15) is 92.9 Å². The Bertz CT molecular complexity index is 1110. The Morgan fingerprint density at radius 3 is 1.48 bits per heavy atom. The molecule has 0 amide bonds. The van der Waals surface area contributed by atoms with E-state index in [4.69, 9.17) is 9.47 Å². The summed E-state index contributed by atoms with van der Waals surface area (Å²) in [4.78, 5) is 24.9. The summed E-state index contributed by atoms with van der Waals surface area (Å²) in [6.07, 6.45) is 11.0. The highest BCUT2D eigenvalue weighted by Gasteiger charge is 2.34. The number of nitrogens with one attached hydrogen (secondary N) is 2. The van der Waals surface area contributed by atoms with E-state index < -0.39 is 11.9 Å². The lowest BCUT2D eigenvalue weighted by molar-refractivity contribution is -0.139. The molecule has 1 saturated carbocycles. The van der Waals surface area contributed by atoms with Gasteiger partial charge >= 0.3 is 11.9 Å². The van der Waals surface area contributed by atoms with Crippen LogP contribution in [0.4, 0.5) is 0 Å². The van der Waals surface area contributed by atoms with E-state index in [-0.39, 0.29) is 47.3 Å². The lowest BCUT2D eigenvalue weighted by atomic mass is 9.75. The average Bonchev–Trinajstić information content (AvgIpc) is 2.84. The molecule has 0 aromatic carbocycles. The van der Waals surface area contributed by atoms with Gasteiger partial charge < -0.3 is 20.1 Å². The zero-order valence-electron chi connectivity index (χ0n) is 24.9. The average molecular weight is 549 g/mol. The molecule has 3 rings (SSSR count). The van der Waals surface area contributed by atoms with Crippen LogP contribution in [0.15, 0.2) is 45.8 Å². The van der Waals surface area contributed by atoms with Gasteiger partial charge in [0.1, 0.15) is 23.3 Å². The quantitative estimate of drug-likeness (QED) is 0.226. The Kier molecular flexibility index (Phi) is 10.3. The predicted molar refractivity (Wildman–Crippen MR) is 153 cm³/mol. The molecule has 0 saturated heterocycles.